The number of para-hydroxylation sites is 1. The molecule has 0 spiro atoms. The van der Waals surface area contributed by atoms with E-state index in [1.54, 1.807) is 0 Å². The number of nitrogens with one attached hydrogen (secondary N) is 1. The maximum absolute atomic E-state index is 11.1. The lowest BCUT2D eigenvalue weighted by atomic mass is 10.1. The molecule has 2 aromatic carbocycles. The summed E-state index contributed by atoms with van der Waals surface area (Å²) >= 11 is 0. The highest BCUT2D eigenvalue weighted by Gasteiger charge is 2.00. The van der Waals surface area contributed by atoms with Crippen molar-refractivity contribution in [3.8, 4) is 17.6 Å². The zero-order valence-electron chi connectivity index (χ0n) is 11.6. The largest absolute Gasteiger partial charge is 0.457 e. The van der Waals surface area contributed by atoms with Crippen LogP contribution in [0.5, 0.6) is 11.5 Å². The summed E-state index contributed by atoms with van der Waals surface area (Å²) in [6.45, 7) is 0.527. The van der Waals surface area contributed by atoms with E-state index in [1.165, 1.54) is 0 Å². The average molecular weight is 280 g/mol. The Morgan fingerprint density at radius 2 is 1.71 bits per heavy atom. The van der Waals surface area contributed by atoms with E-state index in [2.05, 4.69) is 5.32 Å². The molecule has 0 unspecified atom stereocenters. The van der Waals surface area contributed by atoms with Crippen LogP contribution >= 0.6 is 0 Å². The van der Waals surface area contributed by atoms with Gasteiger partial charge in [0.25, 0.3) is 0 Å². The predicted octanol–water partition coefficient (Wildman–Crippen LogP) is 3.05. The molecule has 0 atom stereocenters. The maximum Gasteiger partial charge on any atom is 0.234 e. The normalized spacial score (nSPS) is 9.67. The van der Waals surface area contributed by atoms with Crippen molar-refractivity contribution >= 4 is 5.91 Å². The number of carbonyl (C=O) groups excluding carboxylic acids is 1. The molecule has 0 bridgehead atoms. The van der Waals surface area contributed by atoms with Crippen LogP contribution < -0.4 is 10.1 Å². The van der Waals surface area contributed by atoms with Gasteiger partial charge in [-0.3, -0.25) is 4.79 Å². The van der Waals surface area contributed by atoms with Crippen LogP contribution in [0.15, 0.2) is 54.6 Å². The minimum atomic E-state index is -0.235. The Kier molecular flexibility index (Phi) is 5.36. The van der Waals surface area contributed by atoms with Gasteiger partial charge in [-0.15, -0.1) is 0 Å². The summed E-state index contributed by atoms with van der Waals surface area (Å²) in [6.07, 6.45) is 0.632. The average Bonchev–Trinajstić information content (AvgIpc) is 2.50. The highest BCUT2D eigenvalue weighted by atomic mass is 16.5. The molecule has 0 aliphatic carbocycles. The summed E-state index contributed by atoms with van der Waals surface area (Å²) in [5.74, 6) is 1.34. The van der Waals surface area contributed by atoms with Crippen LogP contribution in [0.2, 0.25) is 0 Å². The Balaban J connectivity index is 1.82. The number of ether oxygens (including phenoxy) is 1. The van der Waals surface area contributed by atoms with Gasteiger partial charge in [0.05, 0.1) is 6.07 Å². The number of nitriles is 1. The predicted molar refractivity (Wildman–Crippen MR) is 79.9 cm³/mol. The third kappa shape index (κ3) is 5.00. The van der Waals surface area contributed by atoms with E-state index >= 15 is 0 Å². The summed E-state index contributed by atoms with van der Waals surface area (Å²) < 4.78 is 5.70. The molecule has 2 aromatic rings. The fraction of sp³-hybridized carbons (Fsp3) is 0.176. The Labute approximate surface area is 124 Å². The first-order chi connectivity index (χ1) is 10.3. The van der Waals surface area contributed by atoms with Gasteiger partial charge in [0.15, 0.2) is 0 Å². The molecule has 0 aliphatic rings. The molecule has 106 valence electrons. The second-order valence-electron chi connectivity index (χ2n) is 4.49. The third-order valence-electron chi connectivity index (χ3n) is 2.88. The molecule has 0 heterocycles. The van der Waals surface area contributed by atoms with Crippen LogP contribution in [-0.4, -0.2) is 12.5 Å². The number of hydrogen-bond acceptors (Lipinski definition) is 3. The van der Waals surface area contributed by atoms with E-state index in [4.69, 9.17) is 10.00 Å². The second kappa shape index (κ2) is 7.71. The van der Waals surface area contributed by atoms with Gasteiger partial charge in [-0.2, -0.15) is 5.26 Å². The zero-order chi connectivity index (χ0) is 14.9. The van der Waals surface area contributed by atoms with Crippen molar-refractivity contribution in [3.63, 3.8) is 0 Å². The lowest BCUT2D eigenvalue weighted by Crippen LogP contribution is -2.24. The first kappa shape index (κ1) is 14.6. The Bertz CT molecular complexity index is 615. The highest BCUT2D eigenvalue weighted by Crippen LogP contribution is 2.21. The van der Waals surface area contributed by atoms with Gasteiger partial charge >= 0.3 is 0 Å². The smallest absolute Gasteiger partial charge is 0.234 e. The summed E-state index contributed by atoms with van der Waals surface area (Å²) in [6, 6.07) is 19.1. The van der Waals surface area contributed by atoms with Crippen molar-refractivity contribution in [2.24, 2.45) is 0 Å². The van der Waals surface area contributed by atoms with Gasteiger partial charge < -0.3 is 10.1 Å². The molecule has 1 amide bonds. The molecule has 2 rings (SSSR count). The zero-order valence-corrected chi connectivity index (χ0v) is 11.6. The standard InChI is InChI=1S/C17H16N2O2/c18-12-10-17(20)19-13-11-14-6-8-16(9-7-14)21-15-4-2-1-3-5-15/h1-9H,10-11,13H2,(H,19,20). The van der Waals surface area contributed by atoms with Crippen LogP contribution in [0.4, 0.5) is 0 Å². The fourth-order valence-electron chi connectivity index (χ4n) is 1.83. The molecule has 0 saturated heterocycles. The lowest BCUT2D eigenvalue weighted by Gasteiger charge is -2.07. The molecule has 0 aliphatic heterocycles. The lowest BCUT2D eigenvalue weighted by molar-refractivity contribution is -0.120. The quantitative estimate of drug-likeness (QED) is 0.884. The van der Waals surface area contributed by atoms with Gasteiger partial charge in [-0.1, -0.05) is 30.3 Å². The highest BCUT2D eigenvalue weighted by molar-refractivity contribution is 5.77. The molecule has 0 aromatic heterocycles. The number of benzene rings is 2. The monoisotopic (exact) mass is 280 g/mol. The summed E-state index contributed by atoms with van der Waals surface area (Å²) in [7, 11) is 0. The van der Waals surface area contributed by atoms with Crippen LogP contribution in [0.1, 0.15) is 12.0 Å². The molecule has 4 heteroatoms. The third-order valence-corrected chi connectivity index (χ3v) is 2.88. The molecule has 21 heavy (non-hydrogen) atoms. The Morgan fingerprint density at radius 1 is 1.05 bits per heavy atom. The molecule has 4 nitrogen and oxygen atoms in total. The number of carbonyl (C=O) groups is 1. The summed E-state index contributed by atoms with van der Waals surface area (Å²) in [4.78, 5) is 11.1. The van der Waals surface area contributed by atoms with Gasteiger partial charge in [-0.05, 0) is 36.2 Å². The van der Waals surface area contributed by atoms with E-state index in [0.29, 0.717) is 6.54 Å². The molecule has 0 saturated carbocycles. The van der Waals surface area contributed by atoms with Crippen molar-refractivity contribution in [1.29, 1.82) is 5.26 Å². The summed E-state index contributed by atoms with van der Waals surface area (Å²) in [5.41, 5.74) is 1.10. The summed E-state index contributed by atoms with van der Waals surface area (Å²) in [5, 5.41) is 11.1. The van der Waals surface area contributed by atoms with Crippen LogP contribution in [0, 0.1) is 11.3 Å². The SMILES string of the molecule is N#CCC(=O)NCCc1ccc(Oc2ccccc2)cc1. The molecular weight excluding hydrogens is 264 g/mol. The molecule has 0 fully saturated rings. The minimum absolute atomic E-state index is 0.0934. The number of hydrogen-bond donors (Lipinski definition) is 1. The minimum Gasteiger partial charge on any atom is -0.457 e. The van der Waals surface area contributed by atoms with Gasteiger partial charge in [-0.25, -0.2) is 0 Å². The maximum atomic E-state index is 11.1. The number of nitrogens with zero attached hydrogens (tertiary/aromatic N) is 1. The van der Waals surface area contributed by atoms with Crippen LogP contribution in [0.25, 0.3) is 0 Å². The first-order valence-electron chi connectivity index (χ1n) is 6.73. The van der Waals surface area contributed by atoms with Crippen molar-refractivity contribution in [1.82, 2.24) is 5.32 Å². The molecule has 1 N–H and O–H groups in total. The van der Waals surface area contributed by atoms with Crippen molar-refractivity contribution < 1.29 is 9.53 Å². The number of amides is 1. The van der Waals surface area contributed by atoms with Crippen molar-refractivity contribution in [2.45, 2.75) is 12.8 Å². The van der Waals surface area contributed by atoms with Crippen molar-refractivity contribution in [2.75, 3.05) is 6.54 Å². The molecular formula is C17H16N2O2. The fourth-order valence-corrected chi connectivity index (χ4v) is 1.83. The van der Waals surface area contributed by atoms with Crippen LogP contribution in [0.3, 0.4) is 0 Å². The van der Waals surface area contributed by atoms with Gasteiger partial charge in [0.1, 0.15) is 17.9 Å². The second-order valence-corrected chi connectivity index (χ2v) is 4.49. The van der Waals surface area contributed by atoms with E-state index in [9.17, 15) is 4.79 Å². The van der Waals surface area contributed by atoms with E-state index in [-0.39, 0.29) is 12.3 Å². The van der Waals surface area contributed by atoms with E-state index in [1.807, 2.05) is 60.7 Å². The topological polar surface area (TPSA) is 62.1 Å². The van der Waals surface area contributed by atoms with Gasteiger partial charge in [0.2, 0.25) is 5.91 Å². The van der Waals surface area contributed by atoms with E-state index < -0.39 is 0 Å². The number of rotatable bonds is 6. The van der Waals surface area contributed by atoms with Crippen LogP contribution in [-0.2, 0) is 11.2 Å². The first-order valence-corrected chi connectivity index (χ1v) is 6.73. The van der Waals surface area contributed by atoms with Gasteiger partial charge in [0, 0.05) is 6.54 Å². The Morgan fingerprint density at radius 3 is 2.38 bits per heavy atom. The van der Waals surface area contributed by atoms with Crippen molar-refractivity contribution in [3.05, 3.63) is 60.2 Å². The Hall–Kier alpha value is -2.80. The molecule has 0 radical (unpaired) electrons. The van der Waals surface area contributed by atoms with E-state index in [0.717, 1.165) is 23.5 Å².